The molecule has 0 fully saturated rings. The van der Waals surface area contributed by atoms with Crippen LogP contribution in [0.3, 0.4) is 0 Å². The van der Waals surface area contributed by atoms with Crippen molar-refractivity contribution in [3.8, 4) is 0 Å². The van der Waals surface area contributed by atoms with E-state index in [4.69, 9.17) is 11.6 Å². The van der Waals surface area contributed by atoms with E-state index < -0.39 is 0 Å². The highest BCUT2D eigenvalue weighted by Gasteiger charge is 2.06. The zero-order valence-electron chi connectivity index (χ0n) is 11.2. The standard InChI is InChI=1S/C17H16ClNO/c1-13(7-8-14-9-11-16(18)12-10-14)19-17(20)15-5-3-2-4-6-15/h2-13H,1H3,(H,19,20)/b8-7+. The van der Waals surface area contributed by atoms with Crippen LogP contribution < -0.4 is 5.32 Å². The van der Waals surface area contributed by atoms with Gasteiger partial charge >= 0.3 is 0 Å². The first-order valence-corrected chi connectivity index (χ1v) is 6.82. The number of nitrogens with one attached hydrogen (secondary N) is 1. The molecule has 1 atom stereocenters. The average Bonchev–Trinajstić information content (AvgIpc) is 2.47. The lowest BCUT2D eigenvalue weighted by atomic mass is 10.1. The van der Waals surface area contributed by atoms with Gasteiger partial charge in [0, 0.05) is 16.6 Å². The Labute approximate surface area is 124 Å². The number of amides is 1. The van der Waals surface area contributed by atoms with Gasteiger partial charge in [0.15, 0.2) is 0 Å². The van der Waals surface area contributed by atoms with Crippen molar-refractivity contribution < 1.29 is 4.79 Å². The molecule has 20 heavy (non-hydrogen) atoms. The van der Waals surface area contributed by atoms with E-state index in [1.807, 2.05) is 61.5 Å². The Morgan fingerprint density at radius 2 is 1.75 bits per heavy atom. The van der Waals surface area contributed by atoms with Crippen molar-refractivity contribution in [3.05, 3.63) is 76.8 Å². The van der Waals surface area contributed by atoms with E-state index in [0.717, 1.165) is 5.56 Å². The molecule has 1 unspecified atom stereocenters. The summed E-state index contributed by atoms with van der Waals surface area (Å²) in [5.74, 6) is -0.0705. The summed E-state index contributed by atoms with van der Waals surface area (Å²) in [7, 11) is 0. The van der Waals surface area contributed by atoms with Crippen LogP contribution in [0, 0.1) is 0 Å². The fraction of sp³-hybridized carbons (Fsp3) is 0.118. The van der Waals surface area contributed by atoms with Gasteiger partial charge in [-0.2, -0.15) is 0 Å². The van der Waals surface area contributed by atoms with Gasteiger partial charge in [-0.25, -0.2) is 0 Å². The minimum absolute atomic E-state index is 0.0432. The molecule has 2 nitrogen and oxygen atoms in total. The lowest BCUT2D eigenvalue weighted by Crippen LogP contribution is -2.30. The Balaban J connectivity index is 1.94. The predicted octanol–water partition coefficient (Wildman–Crippen LogP) is 4.17. The summed E-state index contributed by atoms with van der Waals surface area (Å²) in [6.07, 6.45) is 3.91. The molecule has 2 aromatic rings. The molecule has 0 saturated heterocycles. The van der Waals surface area contributed by atoms with Crippen molar-refractivity contribution >= 4 is 23.6 Å². The summed E-state index contributed by atoms with van der Waals surface area (Å²) in [6.45, 7) is 1.94. The van der Waals surface area contributed by atoms with Crippen molar-refractivity contribution in [2.24, 2.45) is 0 Å². The summed E-state index contributed by atoms with van der Waals surface area (Å²) in [5, 5.41) is 3.64. The molecule has 0 aliphatic heterocycles. The number of hydrogen-bond donors (Lipinski definition) is 1. The quantitative estimate of drug-likeness (QED) is 0.897. The molecule has 2 aromatic carbocycles. The third-order valence-corrected chi connectivity index (χ3v) is 3.09. The van der Waals surface area contributed by atoms with Gasteiger partial charge in [-0.05, 0) is 36.8 Å². The summed E-state index contributed by atoms with van der Waals surface area (Å²) >= 11 is 5.83. The molecule has 0 spiro atoms. The molecule has 0 heterocycles. The van der Waals surface area contributed by atoms with Crippen LogP contribution in [0.5, 0.6) is 0 Å². The number of halogens is 1. The number of carbonyl (C=O) groups excluding carboxylic acids is 1. The molecule has 0 saturated carbocycles. The molecule has 0 bridgehead atoms. The van der Waals surface area contributed by atoms with Crippen LogP contribution in [0.4, 0.5) is 0 Å². The van der Waals surface area contributed by atoms with Gasteiger partial charge in [-0.15, -0.1) is 0 Å². The Kier molecular flexibility index (Phi) is 4.97. The molecular weight excluding hydrogens is 270 g/mol. The SMILES string of the molecule is CC(/C=C/c1ccc(Cl)cc1)NC(=O)c1ccccc1. The second-order valence-corrected chi connectivity index (χ2v) is 4.98. The predicted molar refractivity (Wildman–Crippen MR) is 83.9 cm³/mol. The fourth-order valence-corrected chi connectivity index (χ4v) is 1.88. The minimum atomic E-state index is -0.0705. The fourth-order valence-electron chi connectivity index (χ4n) is 1.76. The van der Waals surface area contributed by atoms with E-state index in [9.17, 15) is 4.79 Å². The minimum Gasteiger partial charge on any atom is -0.346 e. The largest absolute Gasteiger partial charge is 0.346 e. The van der Waals surface area contributed by atoms with E-state index in [1.54, 1.807) is 12.1 Å². The summed E-state index contributed by atoms with van der Waals surface area (Å²) in [4.78, 5) is 11.9. The zero-order valence-corrected chi connectivity index (χ0v) is 12.0. The maximum absolute atomic E-state index is 11.9. The Hall–Kier alpha value is -2.06. The molecule has 2 rings (SSSR count). The van der Waals surface area contributed by atoms with E-state index in [0.29, 0.717) is 10.6 Å². The van der Waals surface area contributed by atoms with Crippen LogP contribution in [-0.2, 0) is 0 Å². The smallest absolute Gasteiger partial charge is 0.251 e. The number of rotatable bonds is 4. The van der Waals surface area contributed by atoms with Crippen molar-refractivity contribution in [2.75, 3.05) is 0 Å². The lowest BCUT2D eigenvalue weighted by Gasteiger charge is -2.09. The van der Waals surface area contributed by atoms with Gasteiger partial charge in [-0.3, -0.25) is 4.79 Å². The highest BCUT2D eigenvalue weighted by molar-refractivity contribution is 6.30. The van der Waals surface area contributed by atoms with Gasteiger partial charge in [0.25, 0.3) is 5.91 Å². The van der Waals surface area contributed by atoms with Crippen molar-refractivity contribution in [3.63, 3.8) is 0 Å². The molecule has 3 heteroatoms. The van der Waals surface area contributed by atoms with Crippen LogP contribution in [0.2, 0.25) is 5.02 Å². The van der Waals surface area contributed by atoms with Gasteiger partial charge in [-0.1, -0.05) is 54.1 Å². The first-order valence-electron chi connectivity index (χ1n) is 6.45. The van der Waals surface area contributed by atoms with E-state index in [-0.39, 0.29) is 11.9 Å². The molecule has 0 radical (unpaired) electrons. The van der Waals surface area contributed by atoms with Gasteiger partial charge in [0.2, 0.25) is 0 Å². The highest BCUT2D eigenvalue weighted by Crippen LogP contribution is 2.11. The molecule has 0 aliphatic carbocycles. The Morgan fingerprint density at radius 3 is 2.40 bits per heavy atom. The average molecular weight is 286 g/mol. The van der Waals surface area contributed by atoms with E-state index in [2.05, 4.69) is 5.32 Å². The monoisotopic (exact) mass is 285 g/mol. The molecule has 0 aromatic heterocycles. The second-order valence-electron chi connectivity index (χ2n) is 4.54. The third-order valence-electron chi connectivity index (χ3n) is 2.84. The van der Waals surface area contributed by atoms with Crippen molar-refractivity contribution in [1.29, 1.82) is 0 Å². The van der Waals surface area contributed by atoms with Gasteiger partial charge < -0.3 is 5.32 Å². The summed E-state index contributed by atoms with van der Waals surface area (Å²) < 4.78 is 0. The molecule has 102 valence electrons. The van der Waals surface area contributed by atoms with E-state index in [1.165, 1.54) is 0 Å². The number of benzene rings is 2. The van der Waals surface area contributed by atoms with E-state index >= 15 is 0 Å². The third kappa shape index (κ3) is 4.25. The number of hydrogen-bond acceptors (Lipinski definition) is 1. The van der Waals surface area contributed by atoms with Gasteiger partial charge in [0.05, 0.1) is 0 Å². The Bertz CT molecular complexity index is 590. The normalized spacial score (nSPS) is 12.3. The summed E-state index contributed by atoms with van der Waals surface area (Å²) in [5.41, 5.74) is 1.72. The maximum Gasteiger partial charge on any atom is 0.251 e. The second kappa shape index (κ2) is 6.92. The van der Waals surface area contributed by atoms with Crippen molar-refractivity contribution in [2.45, 2.75) is 13.0 Å². The van der Waals surface area contributed by atoms with Crippen LogP contribution >= 0.6 is 11.6 Å². The van der Waals surface area contributed by atoms with Gasteiger partial charge in [0.1, 0.15) is 0 Å². The van der Waals surface area contributed by atoms with Crippen LogP contribution in [0.25, 0.3) is 6.08 Å². The molecular formula is C17H16ClNO. The molecule has 1 amide bonds. The maximum atomic E-state index is 11.9. The first-order chi connectivity index (χ1) is 9.65. The van der Waals surface area contributed by atoms with Crippen molar-refractivity contribution in [1.82, 2.24) is 5.32 Å². The topological polar surface area (TPSA) is 29.1 Å². The van der Waals surface area contributed by atoms with Crippen LogP contribution in [0.1, 0.15) is 22.8 Å². The van der Waals surface area contributed by atoms with Crippen LogP contribution in [-0.4, -0.2) is 11.9 Å². The Morgan fingerprint density at radius 1 is 1.10 bits per heavy atom. The summed E-state index contributed by atoms with van der Waals surface area (Å²) in [6, 6.07) is 16.7. The zero-order chi connectivity index (χ0) is 14.4. The van der Waals surface area contributed by atoms with Crippen LogP contribution in [0.15, 0.2) is 60.7 Å². The lowest BCUT2D eigenvalue weighted by molar-refractivity contribution is 0.0947. The first kappa shape index (κ1) is 14.4. The molecule has 0 aliphatic rings. The molecule has 1 N–H and O–H groups in total. The number of carbonyl (C=O) groups is 1. The highest BCUT2D eigenvalue weighted by atomic mass is 35.5.